The first kappa shape index (κ1) is 13.9. The molecule has 2 rings (SSSR count). The van der Waals surface area contributed by atoms with Crippen molar-refractivity contribution in [3.8, 4) is 0 Å². The fraction of sp³-hybridized carbons (Fsp3) is 0.462. The monoisotopic (exact) mass is 263 g/mol. The summed E-state index contributed by atoms with van der Waals surface area (Å²) in [6.45, 7) is 5.91. The molecule has 1 aliphatic heterocycles. The van der Waals surface area contributed by atoms with Gasteiger partial charge in [0.1, 0.15) is 5.60 Å². The van der Waals surface area contributed by atoms with E-state index in [9.17, 15) is 9.82 Å². The second-order valence-corrected chi connectivity index (χ2v) is 5.51. The lowest BCUT2D eigenvalue weighted by molar-refractivity contribution is 0.0636. The maximum atomic E-state index is 11.7. The Morgan fingerprint density at radius 3 is 2.89 bits per heavy atom. The average molecular weight is 263 g/mol. The minimum absolute atomic E-state index is 0.507. The van der Waals surface area contributed by atoms with Crippen LogP contribution in [0, 0.1) is 0 Å². The Bertz CT molecular complexity index is 484. The van der Waals surface area contributed by atoms with Crippen LogP contribution in [0.15, 0.2) is 18.2 Å². The normalized spacial score (nSPS) is 14.8. The highest BCUT2D eigenvalue weighted by atomic mass is 16.6. The van der Waals surface area contributed by atoms with Crippen LogP contribution in [0.3, 0.4) is 0 Å². The molecule has 1 aromatic carbocycles. The lowest BCUT2D eigenvalue weighted by Crippen LogP contribution is -2.41. The van der Waals surface area contributed by atoms with Crippen molar-refractivity contribution < 1.29 is 19.2 Å². The predicted octanol–water partition coefficient (Wildman–Crippen LogP) is 1.29. The molecule has 19 heavy (non-hydrogen) atoms. The first-order valence-electron chi connectivity index (χ1n) is 6.28. The Morgan fingerprint density at radius 1 is 1.47 bits per heavy atom. The zero-order valence-corrected chi connectivity index (χ0v) is 11.4. The first-order chi connectivity index (χ1) is 8.85. The molecule has 1 aliphatic rings. The van der Waals surface area contributed by atoms with Gasteiger partial charge in [0.25, 0.3) is 0 Å². The van der Waals surface area contributed by atoms with Crippen LogP contribution in [-0.2, 0) is 15.8 Å². The zero-order chi connectivity index (χ0) is 14.0. The minimum atomic E-state index is -0.927. The zero-order valence-electron chi connectivity index (χ0n) is 11.4. The summed E-state index contributed by atoms with van der Waals surface area (Å²) in [5.74, 6) is 0. The van der Waals surface area contributed by atoms with E-state index in [4.69, 9.17) is 9.39 Å². The highest BCUT2D eigenvalue weighted by molar-refractivity contribution is 6.61. The van der Waals surface area contributed by atoms with Crippen molar-refractivity contribution >= 4 is 24.4 Å². The van der Waals surface area contributed by atoms with Crippen molar-refractivity contribution in [3.63, 3.8) is 0 Å². The summed E-state index contributed by atoms with van der Waals surface area (Å²) >= 11 is 0. The van der Waals surface area contributed by atoms with E-state index in [2.05, 4.69) is 5.32 Å². The minimum Gasteiger partial charge on any atom is -0.444 e. The number of benzene rings is 1. The Morgan fingerprint density at radius 2 is 2.21 bits per heavy atom. The maximum absolute atomic E-state index is 11.7. The molecule has 6 heteroatoms. The van der Waals surface area contributed by atoms with Crippen molar-refractivity contribution in [2.75, 3.05) is 11.9 Å². The van der Waals surface area contributed by atoms with Crippen LogP contribution < -0.4 is 10.8 Å². The lowest BCUT2D eigenvalue weighted by Gasteiger charge is -2.21. The second kappa shape index (κ2) is 5.23. The van der Waals surface area contributed by atoms with Gasteiger partial charge in [-0.3, -0.25) is 5.32 Å². The molecule has 1 heterocycles. The smallest absolute Gasteiger partial charge is 0.444 e. The van der Waals surface area contributed by atoms with Gasteiger partial charge in [0, 0.05) is 12.3 Å². The molecule has 1 amide bonds. The maximum Gasteiger partial charge on any atom is 0.491 e. The summed E-state index contributed by atoms with van der Waals surface area (Å²) < 4.78 is 10.3. The summed E-state index contributed by atoms with van der Waals surface area (Å²) in [6, 6.07) is 5.39. The summed E-state index contributed by atoms with van der Waals surface area (Å²) in [6.07, 6.45) is 0.248. The number of rotatable bonds is 1. The molecule has 102 valence electrons. The lowest BCUT2D eigenvalue weighted by atomic mass is 9.73. The SMILES string of the molecule is CC(C)(C)OC(=O)Nc1ccc2c(c1)B(O)OCC2. The number of carbonyl (C=O) groups is 1. The second-order valence-electron chi connectivity index (χ2n) is 5.51. The molecule has 0 radical (unpaired) electrons. The number of ether oxygens (including phenoxy) is 1. The molecule has 0 aliphatic carbocycles. The fourth-order valence-corrected chi connectivity index (χ4v) is 1.92. The molecule has 0 aromatic heterocycles. The van der Waals surface area contributed by atoms with E-state index in [1.165, 1.54) is 0 Å². The Kier molecular flexibility index (Phi) is 3.82. The third kappa shape index (κ3) is 3.72. The van der Waals surface area contributed by atoms with Gasteiger partial charge >= 0.3 is 13.2 Å². The van der Waals surface area contributed by atoms with Crippen LogP contribution in [0.1, 0.15) is 26.3 Å². The Labute approximate surface area is 113 Å². The molecule has 0 bridgehead atoms. The van der Waals surface area contributed by atoms with Gasteiger partial charge in [-0.2, -0.15) is 0 Å². The number of nitrogens with one attached hydrogen (secondary N) is 1. The number of fused-ring (bicyclic) bond motifs is 1. The molecule has 1 aromatic rings. The van der Waals surface area contributed by atoms with Crippen molar-refractivity contribution in [2.45, 2.75) is 32.8 Å². The van der Waals surface area contributed by atoms with Crippen LogP contribution >= 0.6 is 0 Å². The van der Waals surface area contributed by atoms with E-state index in [1.54, 1.807) is 32.9 Å². The number of hydrogen-bond acceptors (Lipinski definition) is 4. The van der Waals surface area contributed by atoms with E-state index in [1.807, 2.05) is 6.07 Å². The highest BCUT2D eigenvalue weighted by Gasteiger charge is 2.25. The molecule has 0 saturated carbocycles. The largest absolute Gasteiger partial charge is 0.491 e. The van der Waals surface area contributed by atoms with Gasteiger partial charge in [-0.05, 0) is 50.4 Å². The molecule has 2 N–H and O–H groups in total. The van der Waals surface area contributed by atoms with Crippen molar-refractivity contribution in [3.05, 3.63) is 23.8 Å². The van der Waals surface area contributed by atoms with E-state index >= 15 is 0 Å². The van der Waals surface area contributed by atoms with Crippen molar-refractivity contribution in [1.29, 1.82) is 0 Å². The quantitative estimate of drug-likeness (QED) is 0.749. The molecule has 0 unspecified atom stereocenters. The average Bonchev–Trinajstić information content (AvgIpc) is 2.27. The number of hydrogen-bond donors (Lipinski definition) is 2. The number of anilines is 1. The van der Waals surface area contributed by atoms with Crippen molar-refractivity contribution in [2.24, 2.45) is 0 Å². The summed E-state index contributed by atoms with van der Waals surface area (Å²) in [4.78, 5) is 11.7. The molecular formula is C13H18BNO4. The van der Waals surface area contributed by atoms with E-state index in [-0.39, 0.29) is 0 Å². The highest BCUT2D eigenvalue weighted by Crippen LogP contribution is 2.14. The molecular weight excluding hydrogens is 245 g/mol. The molecule has 5 nitrogen and oxygen atoms in total. The standard InChI is InChI=1S/C13H18BNO4/c1-13(2,3)19-12(16)15-10-5-4-9-6-7-18-14(17)11(9)8-10/h4-5,8,17H,6-7H2,1-3H3,(H,15,16). The van der Waals surface area contributed by atoms with Crippen LogP contribution in [0.4, 0.5) is 10.5 Å². The molecule has 0 spiro atoms. The predicted molar refractivity (Wildman–Crippen MR) is 73.6 cm³/mol. The van der Waals surface area contributed by atoms with Crippen LogP contribution in [0.25, 0.3) is 0 Å². The van der Waals surface area contributed by atoms with Crippen LogP contribution in [0.5, 0.6) is 0 Å². The van der Waals surface area contributed by atoms with Gasteiger partial charge in [0.05, 0.1) is 0 Å². The first-order valence-corrected chi connectivity index (χ1v) is 6.28. The van der Waals surface area contributed by atoms with Gasteiger partial charge in [-0.15, -0.1) is 0 Å². The third-order valence-electron chi connectivity index (χ3n) is 2.70. The summed E-state index contributed by atoms with van der Waals surface area (Å²) in [7, 11) is -0.927. The molecule has 0 saturated heterocycles. The van der Waals surface area contributed by atoms with Gasteiger partial charge < -0.3 is 14.4 Å². The summed E-state index contributed by atoms with van der Waals surface area (Å²) in [5.41, 5.74) is 1.77. The topological polar surface area (TPSA) is 67.8 Å². The Balaban J connectivity index is 2.10. The Hall–Kier alpha value is -1.53. The van der Waals surface area contributed by atoms with Crippen molar-refractivity contribution in [1.82, 2.24) is 0 Å². The van der Waals surface area contributed by atoms with Crippen LogP contribution in [0.2, 0.25) is 0 Å². The van der Waals surface area contributed by atoms with Gasteiger partial charge in [0.2, 0.25) is 0 Å². The van der Waals surface area contributed by atoms with Gasteiger partial charge in [0.15, 0.2) is 0 Å². The number of amides is 1. The van der Waals surface area contributed by atoms with Gasteiger partial charge in [-0.25, -0.2) is 4.79 Å². The van der Waals surface area contributed by atoms with E-state index in [0.717, 1.165) is 12.0 Å². The molecule has 0 fully saturated rings. The number of carbonyl (C=O) groups excluding carboxylic acids is 1. The fourth-order valence-electron chi connectivity index (χ4n) is 1.92. The van der Waals surface area contributed by atoms with Crippen LogP contribution in [-0.4, -0.2) is 30.4 Å². The van der Waals surface area contributed by atoms with E-state index in [0.29, 0.717) is 17.8 Å². The van der Waals surface area contributed by atoms with E-state index < -0.39 is 18.8 Å². The summed E-state index contributed by atoms with van der Waals surface area (Å²) in [5, 5.41) is 12.4. The van der Waals surface area contributed by atoms with Gasteiger partial charge in [-0.1, -0.05) is 6.07 Å². The molecule has 0 atom stereocenters. The third-order valence-corrected chi connectivity index (χ3v) is 2.70.